The van der Waals surface area contributed by atoms with Crippen LogP contribution in [0.15, 0.2) is 65.2 Å². The Hall–Kier alpha value is -2.59. The van der Waals surface area contributed by atoms with Gasteiger partial charge in [-0.1, -0.05) is 47.6 Å². The van der Waals surface area contributed by atoms with Crippen LogP contribution in [0.3, 0.4) is 0 Å². The Labute approximate surface area is 155 Å². The summed E-state index contributed by atoms with van der Waals surface area (Å²) < 4.78 is 10.7. The Bertz CT molecular complexity index is 781. The molecule has 0 unspecified atom stereocenters. The van der Waals surface area contributed by atoms with E-state index in [2.05, 4.69) is 41.4 Å². The van der Waals surface area contributed by atoms with Crippen LogP contribution in [0.2, 0.25) is 0 Å². The molecule has 0 spiro atoms. The molecule has 1 aromatic heterocycles. The standard InChI is InChI=1S/C22H26N2O2/c1-24(16-14-18-10-12-20(25-2)13-11-18)15-6-9-21-17-22(23-26-21)19-7-4-3-5-8-19/h3-5,7-8,10-13,17H,6,9,14-16H2,1-2H3. The SMILES string of the molecule is COc1ccc(CCN(C)CCCc2cc(-c3ccccc3)no2)cc1. The van der Waals surface area contributed by atoms with E-state index in [-0.39, 0.29) is 0 Å². The minimum atomic E-state index is 0.907. The Kier molecular flexibility index (Phi) is 6.45. The van der Waals surface area contributed by atoms with Crippen LogP contribution < -0.4 is 4.74 Å². The molecule has 0 fully saturated rings. The molecule has 1 heterocycles. The van der Waals surface area contributed by atoms with Gasteiger partial charge in [-0.25, -0.2) is 0 Å². The fraction of sp³-hybridized carbons (Fsp3) is 0.318. The maximum Gasteiger partial charge on any atom is 0.137 e. The second kappa shape index (κ2) is 9.20. The number of benzene rings is 2. The summed E-state index contributed by atoms with van der Waals surface area (Å²) in [6, 6.07) is 20.5. The van der Waals surface area contributed by atoms with Crippen LogP contribution in [0.1, 0.15) is 17.7 Å². The number of nitrogens with zero attached hydrogens (tertiary/aromatic N) is 2. The molecule has 0 saturated heterocycles. The van der Waals surface area contributed by atoms with Crippen molar-refractivity contribution in [1.29, 1.82) is 0 Å². The van der Waals surface area contributed by atoms with Gasteiger partial charge in [0.05, 0.1) is 7.11 Å². The van der Waals surface area contributed by atoms with E-state index in [1.165, 1.54) is 5.56 Å². The first-order valence-corrected chi connectivity index (χ1v) is 9.07. The van der Waals surface area contributed by atoms with E-state index in [1.54, 1.807) is 7.11 Å². The monoisotopic (exact) mass is 350 g/mol. The van der Waals surface area contributed by atoms with Crippen molar-refractivity contribution in [1.82, 2.24) is 10.1 Å². The van der Waals surface area contributed by atoms with E-state index in [9.17, 15) is 0 Å². The zero-order valence-electron chi connectivity index (χ0n) is 15.5. The highest BCUT2D eigenvalue weighted by molar-refractivity contribution is 5.58. The molecular weight excluding hydrogens is 324 g/mol. The average Bonchev–Trinajstić information content (AvgIpc) is 3.16. The summed E-state index contributed by atoms with van der Waals surface area (Å²) in [5.41, 5.74) is 3.34. The van der Waals surface area contributed by atoms with E-state index in [0.717, 1.165) is 55.1 Å². The van der Waals surface area contributed by atoms with Gasteiger partial charge < -0.3 is 14.2 Å². The molecule has 4 nitrogen and oxygen atoms in total. The summed E-state index contributed by atoms with van der Waals surface area (Å²) >= 11 is 0. The lowest BCUT2D eigenvalue weighted by Gasteiger charge is -2.16. The summed E-state index contributed by atoms with van der Waals surface area (Å²) in [6.45, 7) is 2.08. The highest BCUT2D eigenvalue weighted by Crippen LogP contribution is 2.19. The number of likely N-dealkylation sites (N-methyl/N-ethyl adjacent to an activating group) is 1. The van der Waals surface area contributed by atoms with Crippen molar-refractivity contribution in [2.75, 3.05) is 27.2 Å². The molecule has 3 rings (SSSR count). The van der Waals surface area contributed by atoms with Crippen molar-refractivity contribution in [2.45, 2.75) is 19.3 Å². The molecule has 136 valence electrons. The minimum absolute atomic E-state index is 0.907. The van der Waals surface area contributed by atoms with E-state index in [4.69, 9.17) is 9.26 Å². The van der Waals surface area contributed by atoms with Gasteiger partial charge >= 0.3 is 0 Å². The molecule has 0 aliphatic heterocycles. The van der Waals surface area contributed by atoms with Gasteiger partial charge in [-0.3, -0.25) is 0 Å². The predicted octanol–water partition coefficient (Wildman–Crippen LogP) is 4.46. The van der Waals surface area contributed by atoms with Crippen LogP contribution in [-0.4, -0.2) is 37.3 Å². The van der Waals surface area contributed by atoms with Crippen molar-refractivity contribution in [2.24, 2.45) is 0 Å². The van der Waals surface area contributed by atoms with Crippen molar-refractivity contribution >= 4 is 0 Å². The minimum Gasteiger partial charge on any atom is -0.497 e. The summed E-state index contributed by atoms with van der Waals surface area (Å²) in [4.78, 5) is 2.36. The van der Waals surface area contributed by atoms with Crippen molar-refractivity contribution < 1.29 is 9.26 Å². The first kappa shape index (κ1) is 18.2. The topological polar surface area (TPSA) is 38.5 Å². The predicted molar refractivity (Wildman–Crippen MR) is 104 cm³/mol. The third kappa shape index (κ3) is 5.20. The molecule has 0 atom stereocenters. The quantitative estimate of drug-likeness (QED) is 0.571. The van der Waals surface area contributed by atoms with E-state index in [1.807, 2.05) is 36.4 Å². The van der Waals surface area contributed by atoms with Gasteiger partial charge in [-0.15, -0.1) is 0 Å². The maximum absolute atomic E-state index is 5.47. The number of ether oxygens (including phenoxy) is 1. The van der Waals surface area contributed by atoms with Crippen LogP contribution in [0, 0.1) is 0 Å². The molecule has 0 amide bonds. The summed E-state index contributed by atoms with van der Waals surface area (Å²) in [7, 11) is 3.86. The van der Waals surface area contributed by atoms with Crippen LogP contribution >= 0.6 is 0 Å². The Morgan fingerprint density at radius 1 is 0.962 bits per heavy atom. The third-order valence-electron chi connectivity index (χ3n) is 4.53. The van der Waals surface area contributed by atoms with Crippen molar-refractivity contribution in [3.63, 3.8) is 0 Å². The second-order valence-corrected chi connectivity index (χ2v) is 6.55. The van der Waals surface area contributed by atoms with Crippen LogP contribution in [0.4, 0.5) is 0 Å². The lowest BCUT2D eigenvalue weighted by Crippen LogP contribution is -2.22. The van der Waals surface area contributed by atoms with E-state index < -0.39 is 0 Å². The highest BCUT2D eigenvalue weighted by atomic mass is 16.5. The number of hydrogen-bond acceptors (Lipinski definition) is 4. The number of hydrogen-bond donors (Lipinski definition) is 0. The zero-order chi connectivity index (χ0) is 18.2. The van der Waals surface area contributed by atoms with Crippen molar-refractivity contribution in [3.8, 4) is 17.0 Å². The smallest absolute Gasteiger partial charge is 0.137 e. The van der Waals surface area contributed by atoms with Crippen LogP contribution in [0.5, 0.6) is 5.75 Å². The first-order chi connectivity index (χ1) is 12.7. The second-order valence-electron chi connectivity index (χ2n) is 6.55. The Balaban J connectivity index is 1.39. The lowest BCUT2D eigenvalue weighted by atomic mass is 10.1. The van der Waals surface area contributed by atoms with Crippen LogP contribution in [0.25, 0.3) is 11.3 Å². The Morgan fingerprint density at radius 3 is 2.46 bits per heavy atom. The largest absolute Gasteiger partial charge is 0.497 e. The molecule has 0 saturated carbocycles. The molecular formula is C22H26N2O2. The molecule has 3 aromatic rings. The third-order valence-corrected chi connectivity index (χ3v) is 4.53. The molecule has 26 heavy (non-hydrogen) atoms. The maximum atomic E-state index is 5.47. The zero-order valence-corrected chi connectivity index (χ0v) is 15.5. The fourth-order valence-corrected chi connectivity index (χ4v) is 2.92. The molecule has 0 radical (unpaired) electrons. The number of aromatic nitrogens is 1. The summed E-state index contributed by atoms with van der Waals surface area (Å²) in [5, 5.41) is 4.18. The molecule has 0 aliphatic carbocycles. The summed E-state index contributed by atoms with van der Waals surface area (Å²) in [5.74, 6) is 1.86. The fourth-order valence-electron chi connectivity index (χ4n) is 2.92. The van der Waals surface area contributed by atoms with Gasteiger partial charge in [-0.2, -0.15) is 0 Å². The van der Waals surface area contributed by atoms with Gasteiger partial charge in [0.25, 0.3) is 0 Å². The van der Waals surface area contributed by atoms with E-state index >= 15 is 0 Å². The molecule has 0 aliphatic rings. The number of aryl methyl sites for hydroxylation is 1. The van der Waals surface area contributed by atoms with Crippen molar-refractivity contribution in [3.05, 3.63) is 72.0 Å². The first-order valence-electron chi connectivity index (χ1n) is 9.07. The van der Waals surface area contributed by atoms with Gasteiger partial charge in [0.2, 0.25) is 0 Å². The summed E-state index contributed by atoms with van der Waals surface area (Å²) in [6.07, 6.45) is 3.01. The van der Waals surface area contributed by atoms with Gasteiger partial charge in [0, 0.05) is 24.6 Å². The van der Waals surface area contributed by atoms with Gasteiger partial charge in [0.1, 0.15) is 17.2 Å². The lowest BCUT2D eigenvalue weighted by molar-refractivity contribution is 0.321. The van der Waals surface area contributed by atoms with Gasteiger partial charge in [-0.05, 0) is 44.1 Å². The molecule has 0 N–H and O–H groups in total. The normalized spacial score (nSPS) is 11.0. The average molecular weight is 350 g/mol. The van der Waals surface area contributed by atoms with Crippen LogP contribution in [-0.2, 0) is 12.8 Å². The van der Waals surface area contributed by atoms with E-state index in [0.29, 0.717) is 0 Å². The molecule has 4 heteroatoms. The Morgan fingerprint density at radius 2 is 1.73 bits per heavy atom. The number of methoxy groups -OCH3 is 1. The molecule has 0 bridgehead atoms. The van der Waals surface area contributed by atoms with Gasteiger partial charge in [0.15, 0.2) is 0 Å². The number of rotatable bonds is 9. The molecule has 2 aromatic carbocycles. The highest BCUT2D eigenvalue weighted by Gasteiger charge is 2.07.